The van der Waals surface area contributed by atoms with Crippen molar-refractivity contribution in [2.45, 2.75) is 0 Å². The first-order valence-corrected chi connectivity index (χ1v) is 0. The van der Waals surface area contributed by atoms with Crippen LogP contribution in [0.1, 0.15) is 0 Å². The molecule has 0 N–H and O–H groups in total. The zero-order valence-corrected chi connectivity index (χ0v) is 7.34. The third kappa shape index (κ3) is 9.17. The van der Waals surface area contributed by atoms with Crippen molar-refractivity contribution in [3.05, 3.63) is 0 Å². The molecule has 0 atom stereocenters. The van der Waals surface area contributed by atoms with E-state index in [1.807, 2.05) is 0 Å². The molecule has 0 fully saturated rings. The van der Waals surface area contributed by atoms with E-state index in [1.54, 1.807) is 0 Å². The Balaban J connectivity index is 0. The average molecular weight is 405 g/mol. The van der Waals surface area contributed by atoms with Crippen molar-refractivity contribution in [3.63, 3.8) is 0 Å². The Morgan fingerprint density at radius 1 is 1.00 bits per heavy atom. The fraction of sp³-hybridized carbons (Fsp3) is 0. The van der Waals surface area contributed by atoms with Gasteiger partial charge in [0.15, 0.2) is 0 Å². The Morgan fingerprint density at radius 3 is 1.00 bits per heavy atom. The summed E-state index contributed by atoms with van der Waals surface area (Å²) in [5.74, 6) is 0. The molecule has 0 aromatic carbocycles. The minimum atomic E-state index is 0. The number of hydrogen-bond acceptors (Lipinski definition) is 0. The summed E-state index contributed by atoms with van der Waals surface area (Å²) < 4.78 is 0. The molecule has 0 saturated carbocycles. The van der Waals surface area contributed by atoms with Gasteiger partial charge in [0.05, 0.1) is 0 Å². The van der Waals surface area contributed by atoms with Gasteiger partial charge in [-0.1, -0.05) is 0 Å². The summed E-state index contributed by atoms with van der Waals surface area (Å²) in [7, 11) is 0. The molecule has 0 nitrogen and oxygen atoms in total. The van der Waals surface area contributed by atoms with Crippen LogP contribution in [0.2, 0.25) is 0 Å². The zero-order chi connectivity index (χ0) is 0. The van der Waals surface area contributed by atoms with Crippen LogP contribution in [-0.2, 0) is 27.3 Å². The second-order valence-electron chi connectivity index (χ2n) is 0. The van der Waals surface area contributed by atoms with Crippen molar-refractivity contribution in [2.24, 2.45) is 0 Å². The fourth-order valence-corrected chi connectivity index (χ4v) is 0. The van der Waals surface area contributed by atoms with E-state index in [0.717, 1.165) is 0 Å². The van der Waals surface area contributed by atoms with E-state index < -0.39 is 0 Å². The molecular formula is H7BaCdGaSe. The SMILES string of the molecule is [BaH2].[Cd].[GaH3].[SeH2]. The van der Waals surface area contributed by atoms with Crippen LogP contribution in [0.25, 0.3) is 0 Å². The van der Waals surface area contributed by atoms with Crippen molar-refractivity contribution in [3.8, 4) is 0 Å². The van der Waals surface area contributed by atoms with E-state index in [9.17, 15) is 0 Å². The van der Waals surface area contributed by atoms with Gasteiger partial charge in [0.25, 0.3) is 0 Å². The van der Waals surface area contributed by atoms with Gasteiger partial charge in [0.1, 0.15) is 0 Å². The second kappa shape index (κ2) is 15.9. The topological polar surface area (TPSA) is 0 Å². The van der Waals surface area contributed by atoms with Gasteiger partial charge < -0.3 is 0 Å². The molecule has 0 bridgehead atoms. The monoisotopic (exact) mass is 408 g/mol. The first kappa shape index (κ1) is 25.4. The van der Waals surface area contributed by atoms with Crippen molar-refractivity contribution >= 4 is 85.7 Å². The molecule has 0 rings (SSSR count). The molecule has 0 amide bonds. The van der Waals surface area contributed by atoms with E-state index >= 15 is 0 Å². The van der Waals surface area contributed by atoms with Crippen LogP contribution in [0.4, 0.5) is 0 Å². The minimum absolute atomic E-state index is 0. The molecule has 0 spiro atoms. The summed E-state index contributed by atoms with van der Waals surface area (Å²) in [6.07, 6.45) is 0. The van der Waals surface area contributed by atoms with Crippen LogP contribution < -0.4 is 0 Å². The zero-order valence-electron chi connectivity index (χ0n) is 1.21. The molecule has 0 radical (unpaired) electrons. The first-order chi connectivity index (χ1) is 0. The van der Waals surface area contributed by atoms with Gasteiger partial charge >= 0.3 is 85.7 Å². The van der Waals surface area contributed by atoms with E-state index in [-0.39, 0.29) is 113 Å². The predicted molar refractivity (Wildman–Crippen MR) is 27.0 cm³/mol. The molecular weight excluding hydrogens is 398 g/mol. The molecule has 0 aliphatic heterocycles. The van der Waals surface area contributed by atoms with Crippen LogP contribution in [0, 0.1) is 0 Å². The first-order valence-electron chi connectivity index (χ1n) is 0. The van der Waals surface area contributed by atoms with Crippen LogP contribution >= 0.6 is 0 Å². The molecule has 0 saturated heterocycles. The van der Waals surface area contributed by atoms with Crippen LogP contribution in [0.15, 0.2) is 0 Å². The van der Waals surface area contributed by atoms with Gasteiger partial charge in [0, 0.05) is 27.3 Å². The van der Waals surface area contributed by atoms with Crippen molar-refractivity contribution in [1.29, 1.82) is 0 Å². The van der Waals surface area contributed by atoms with E-state index in [0.29, 0.717) is 0 Å². The summed E-state index contributed by atoms with van der Waals surface area (Å²) in [4.78, 5) is 0. The fourth-order valence-electron chi connectivity index (χ4n) is 0. The summed E-state index contributed by atoms with van der Waals surface area (Å²) in [5, 5.41) is 0. The molecule has 20 valence electrons. The number of hydrogen-bond donors (Lipinski definition) is 0. The molecule has 0 aliphatic carbocycles. The van der Waals surface area contributed by atoms with Gasteiger partial charge in [-0.25, -0.2) is 0 Å². The molecule has 0 aliphatic rings. The second-order valence-corrected chi connectivity index (χ2v) is 0. The van der Waals surface area contributed by atoms with Gasteiger partial charge in [-0.05, 0) is 0 Å². The molecule has 4 heteroatoms. The molecule has 0 heterocycles. The van der Waals surface area contributed by atoms with E-state index in [2.05, 4.69) is 0 Å². The third-order valence-corrected chi connectivity index (χ3v) is 0. The number of rotatable bonds is 0. The predicted octanol–water partition coefficient (Wildman–Crippen LogP) is -3.02. The summed E-state index contributed by atoms with van der Waals surface area (Å²) in [6.45, 7) is 0. The Kier molecular flexibility index (Phi) is 101. The Bertz CT molecular complexity index is 8.00. The summed E-state index contributed by atoms with van der Waals surface area (Å²) >= 11 is 0. The molecule has 0 aromatic heterocycles. The van der Waals surface area contributed by atoms with Gasteiger partial charge in [-0.2, -0.15) is 0 Å². The normalized spacial score (nSPS) is 0. The van der Waals surface area contributed by atoms with E-state index in [1.165, 1.54) is 0 Å². The Morgan fingerprint density at radius 2 is 1.00 bits per heavy atom. The van der Waals surface area contributed by atoms with Crippen molar-refractivity contribution in [2.75, 3.05) is 0 Å². The summed E-state index contributed by atoms with van der Waals surface area (Å²) in [6, 6.07) is 0. The third-order valence-electron chi connectivity index (χ3n) is 0. The van der Waals surface area contributed by atoms with Crippen molar-refractivity contribution in [1.82, 2.24) is 0 Å². The molecule has 0 aromatic rings. The Labute approximate surface area is 110 Å². The van der Waals surface area contributed by atoms with Crippen LogP contribution in [-0.4, -0.2) is 85.7 Å². The van der Waals surface area contributed by atoms with E-state index in [4.69, 9.17) is 0 Å². The quantitative estimate of drug-likeness (QED) is 0.377. The van der Waals surface area contributed by atoms with Gasteiger partial charge in [-0.3, -0.25) is 0 Å². The molecule has 0 unspecified atom stereocenters. The molecule has 4 heavy (non-hydrogen) atoms. The maximum absolute atomic E-state index is 0. The van der Waals surface area contributed by atoms with Crippen LogP contribution in [0.5, 0.6) is 0 Å². The van der Waals surface area contributed by atoms with Crippen LogP contribution in [0.3, 0.4) is 0 Å². The average Bonchev–Trinajstić information content (AvgIpc) is 0. The van der Waals surface area contributed by atoms with Gasteiger partial charge in [-0.15, -0.1) is 0 Å². The van der Waals surface area contributed by atoms with Crippen molar-refractivity contribution < 1.29 is 27.3 Å². The standard InChI is InChI=1S/Ba.Cd.Ga.H2Se.5H/h;;;1H2;;;;;. The maximum atomic E-state index is 0. The summed E-state index contributed by atoms with van der Waals surface area (Å²) in [5.41, 5.74) is 0. The van der Waals surface area contributed by atoms with Gasteiger partial charge in [0.2, 0.25) is 0 Å². The Hall–Kier alpha value is 3.65.